The van der Waals surface area contributed by atoms with E-state index in [1.54, 1.807) is 41.9 Å². The maximum Gasteiger partial charge on any atom is 0.251 e. The summed E-state index contributed by atoms with van der Waals surface area (Å²) in [5.41, 5.74) is 9.17. The van der Waals surface area contributed by atoms with Gasteiger partial charge in [0.15, 0.2) is 0 Å². The molecule has 0 fully saturated rings. The SMILES string of the molecule is NC(=O)C(CNC(=O)c1cccc(OCc2cscn2)c1)Cc1ccc(F)cc1. The Kier molecular flexibility index (Phi) is 6.91. The molecule has 0 aliphatic rings. The molecule has 150 valence electrons. The summed E-state index contributed by atoms with van der Waals surface area (Å²) in [5.74, 6) is -1.28. The Morgan fingerprint density at radius 3 is 2.69 bits per heavy atom. The van der Waals surface area contributed by atoms with Crippen LogP contribution in [0.15, 0.2) is 59.4 Å². The Hall–Kier alpha value is -3.26. The lowest BCUT2D eigenvalue weighted by Crippen LogP contribution is -2.37. The maximum absolute atomic E-state index is 13.0. The number of hydrogen-bond donors (Lipinski definition) is 2. The molecule has 0 radical (unpaired) electrons. The van der Waals surface area contributed by atoms with Crippen LogP contribution in [0.4, 0.5) is 4.39 Å². The molecule has 3 aromatic rings. The Morgan fingerprint density at radius 2 is 2.00 bits per heavy atom. The van der Waals surface area contributed by atoms with Gasteiger partial charge in [-0.3, -0.25) is 9.59 Å². The molecular weight excluding hydrogens is 393 g/mol. The second kappa shape index (κ2) is 9.79. The number of carbonyl (C=O) groups excluding carboxylic acids is 2. The summed E-state index contributed by atoms with van der Waals surface area (Å²) < 4.78 is 18.7. The van der Waals surface area contributed by atoms with E-state index in [1.807, 2.05) is 5.38 Å². The van der Waals surface area contributed by atoms with E-state index in [0.29, 0.717) is 24.3 Å². The number of aromatic nitrogens is 1. The van der Waals surface area contributed by atoms with E-state index in [0.717, 1.165) is 11.3 Å². The normalized spacial score (nSPS) is 11.6. The molecule has 1 aromatic heterocycles. The summed E-state index contributed by atoms with van der Waals surface area (Å²) in [6.07, 6.45) is 0.312. The van der Waals surface area contributed by atoms with Crippen molar-refractivity contribution in [3.63, 3.8) is 0 Å². The molecule has 1 atom stereocenters. The minimum Gasteiger partial charge on any atom is -0.487 e. The first-order valence-electron chi connectivity index (χ1n) is 8.93. The van der Waals surface area contributed by atoms with Gasteiger partial charge in [0.05, 0.1) is 17.1 Å². The molecule has 0 spiro atoms. The minimum absolute atomic E-state index is 0.0788. The number of nitrogens with one attached hydrogen (secondary N) is 1. The molecule has 2 aromatic carbocycles. The van der Waals surface area contributed by atoms with Gasteiger partial charge in [-0.1, -0.05) is 18.2 Å². The zero-order valence-corrected chi connectivity index (χ0v) is 16.3. The molecular formula is C21H20FN3O3S. The standard InChI is InChI=1S/C21H20FN3O3S/c22-17-6-4-14(5-7-17)8-16(20(23)26)10-24-21(27)15-2-1-3-19(9-15)28-11-18-12-29-13-25-18/h1-7,9,12-13,16H,8,10-11H2,(H2,23,26)(H,24,27). The third-order valence-electron chi connectivity index (χ3n) is 4.27. The first-order valence-corrected chi connectivity index (χ1v) is 9.87. The molecule has 6 nitrogen and oxygen atoms in total. The highest BCUT2D eigenvalue weighted by Gasteiger charge is 2.18. The Labute approximate surface area is 171 Å². The lowest BCUT2D eigenvalue weighted by molar-refractivity contribution is -0.121. The molecule has 1 heterocycles. The number of halogens is 1. The second-order valence-corrected chi connectivity index (χ2v) is 7.15. The van der Waals surface area contributed by atoms with Crippen molar-refractivity contribution in [1.82, 2.24) is 10.3 Å². The summed E-state index contributed by atoms with van der Waals surface area (Å²) in [7, 11) is 0. The van der Waals surface area contributed by atoms with Gasteiger partial charge in [-0.15, -0.1) is 11.3 Å². The average molecular weight is 413 g/mol. The predicted molar refractivity (Wildman–Crippen MR) is 108 cm³/mol. The average Bonchev–Trinajstić information content (AvgIpc) is 3.24. The van der Waals surface area contributed by atoms with Crippen LogP contribution < -0.4 is 15.8 Å². The van der Waals surface area contributed by atoms with E-state index in [1.165, 1.54) is 23.5 Å². The number of ether oxygens (including phenoxy) is 1. The van der Waals surface area contributed by atoms with Crippen LogP contribution in [-0.4, -0.2) is 23.3 Å². The molecule has 1 unspecified atom stereocenters. The number of hydrogen-bond acceptors (Lipinski definition) is 5. The number of amides is 2. The Morgan fingerprint density at radius 1 is 1.21 bits per heavy atom. The summed E-state index contributed by atoms with van der Waals surface area (Å²) in [6.45, 7) is 0.394. The topological polar surface area (TPSA) is 94.3 Å². The number of primary amides is 1. The maximum atomic E-state index is 13.0. The van der Waals surface area contributed by atoms with Crippen molar-refractivity contribution >= 4 is 23.2 Å². The smallest absolute Gasteiger partial charge is 0.251 e. The predicted octanol–water partition coefficient (Wildman–Crippen LogP) is 2.94. The molecule has 0 aliphatic heterocycles. The number of nitrogens with zero attached hydrogens (tertiary/aromatic N) is 1. The van der Waals surface area contributed by atoms with Crippen molar-refractivity contribution in [3.8, 4) is 5.75 Å². The van der Waals surface area contributed by atoms with Gasteiger partial charge >= 0.3 is 0 Å². The third-order valence-corrected chi connectivity index (χ3v) is 4.91. The summed E-state index contributed by atoms with van der Waals surface area (Å²) in [4.78, 5) is 28.4. The quantitative estimate of drug-likeness (QED) is 0.564. The zero-order chi connectivity index (χ0) is 20.6. The van der Waals surface area contributed by atoms with Gasteiger partial charge in [-0.25, -0.2) is 9.37 Å². The second-order valence-electron chi connectivity index (χ2n) is 6.44. The zero-order valence-electron chi connectivity index (χ0n) is 15.5. The van der Waals surface area contributed by atoms with Crippen LogP contribution in [0.1, 0.15) is 21.6 Å². The fourth-order valence-corrected chi connectivity index (χ4v) is 3.23. The highest BCUT2D eigenvalue weighted by atomic mass is 32.1. The van der Waals surface area contributed by atoms with Crippen molar-refractivity contribution in [2.45, 2.75) is 13.0 Å². The van der Waals surface area contributed by atoms with Gasteiger partial charge in [-0.05, 0) is 42.3 Å². The van der Waals surface area contributed by atoms with E-state index < -0.39 is 11.8 Å². The monoisotopic (exact) mass is 413 g/mol. The number of benzene rings is 2. The fourth-order valence-electron chi connectivity index (χ4n) is 2.69. The number of carbonyl (C=O) groups is 2. The number of rotatable bonds is 9. The molecule has 8 heteroatoms. The van der Waals surface area contributed by atoms with E-state index in [4.69, 9.17) is 10.5 Å². The first kappa shape index (κ1) is 20.5. The van der Waals surface area contributed by atoms with E-state index in [9.17, 15) is 14.0 Å². The lowest BCUT2D eigenvalue weighted by atomic mass is 9.98. The van der Waals surface area contributed by atoms with Crippen molar-refractivity contribution in [3.05, 3.63) is 82.1 Å². The van der Waals surface area contributed by atoms with Crippen LogP contribution >= 0.6 is 11.3 Å². The van der Waals surface area contributed by atoms with Gasteiger partial charge < -0.3 is 15.8 Å². The van der Waals surface area contributed by atoms with Crippen molar-refractivity contribution in [2.75, 3.05) is 6.54 Å². The molecule has 0 saturated carbocycles. The number of thiazole rings is 1. The van der Waals surface area contributed by atoms with Crippen LogP contribution in [0.5, 0.6) is 5.75 Å². The highest BCUT2D eigenvalue weighted by Crippen LogP contribution is 2.16. The third kappa shape index (κ3) is 6.11. The summed E-state index contributed by atoms with van der Waals surface area (Å²) in [6, 6.07) is 12.6. The van der Waals surface area contributed by atoms with E-state index >= 15 is 0 Å². The van der Waals surface area contributed by atoms with Crippen molar-refractivity contribution in [2.24, 2.45) is 11.7 Å². The molecule has 0 saturated heterocycles. The van der Waals surface area contributed by atoms with Gasteiger partial charge in [-0.2, -0.15) is 0 Å². The minimum atomic E-state index is -0.603. The summed E-state index contributed by atoms with van der Waals surface area (Å²) in [5, 5.41) is 4.62. The summed E-state index contributed by atoms with van der Waals surface area (Å²) >= 11 is 1.48. The molecule has 3 rings (SSSR count). The fraction of sp³-hybridized carbons (Fsp3) is 0.190. The molecule has 2 amide bonds. The highest BCUT2D eigenvalue weighted by molar-refractivity contribution is 7.07. The van der Waals surface area contributed by atoms with Crippen LogP contribution in [0.2, 0.25) is 0 Å². The molecule has 0 aliphatic carbocycles. The van der Waals surface area contributed by atoms with Gasteiger partial charge in [0.2, 0.25) is 5.91 Å². The molecule has 29 heavy (non-hydrogen) atoms. The van der Waals surface area contributed by atoms with Crippen molar-refractivity contribution in [1.29, 1.82) is 0 Å². The van der Waals surface area contributed by atoms with E-state index in [-0.39, 0.29) is 18.3 Å². The molecule has 3 N–H and O–H groups in total. The van der Waals surface area contributed by atoms with Crippen molar-refractivity contribution < 1.29 is 18.7 Å². The van der Waals surface area contributed by atoms with Crippen LogP contribution in [0, 0.1) is 11.7 Å². The molecule has 0 bridgehead atoms. The largest absolute Gasteiger partial charge is 0.487 e. The number of nitrogens with two attached hydrogens (primary N) is 1. The van der Waals surface area contributed by atoms with Crippen LogP contribution in [0.25, 0.3) is 0 Å². The lowest BCUT2D eigenvalue weighted by Gasteiger charge is -2.15. The van der Waals surface area contributed by atoms with E-state index in [2.05, 4.69) is 10.3 Å². The first-order chi connectivity index (χ1) is 14.0. The Bertz CT molecular complexity index is 962. The van der Waals surface area contributed by atoms with Gasteiger partial charge in [0.25, 0.3) is 5.91 Å². The van der Waals surface area contributed by atoms with Crippen LogP contribution in [-0.2, 0) is 17.8 Å². The van der Waals surface area contributed by atoms with Gasteiger partial charge in [0, 0.05) is 17.5 Å². The van der Waals surface area contributed by atoms with Crippen LogP contribution in [0.3, 0.4) is 0 Å². The Balaban J connectivity index is 1.57. The van der Waals surface area contributed by atoms with Gasteiger partial charge in [0.1, 0.15) is 18.2 Å².